The zero-order valence-electron chi connectivity index (χ0n) is 16.0. The molecule has 1 aliphatic heterocycles. The van der Waals surface area contributed by atoms with Crippen LogP contribution in [-0.2, 0) is 0 Å². The van der Waals surface area contributed by atoms with Crippen molar-refractivity contribution in [2.45, 2.75) is 57.3 Å². The van der Waals surface area contributed by atoms with Crippen molar-refractivity contribution in [3.8, 4) is 0 Å². The molecule has 24 heavy (non-hydrogen) atoms. The fraction of sp³-hybridized carbons (Fsp3) is 0.700. The maximum Gasteiger partial charge on any atom is 0.0718 e. The van der Waals surface area contributed by atoms with E-state index in [2.05, 4.69) is 66.5 Å². The highest BCUT2D eigenvalue weighted by molar-refractivity contribution is 5.20. The first kappa shape index (κ1) is 19.4. The minimum Gasteiger partial charge on any atom is -0.389 e. The highest BCUT2D eigenvalue weighted by Gasteiger charge is 2.27. The molecule has 0 amide bonds. The van der Waals surface area contributed by atoms with E-state index >= 15 is 0 Å². The van der Waals surface area contributed by atoms with E-state index in [4.69, 9.17) is 0 Å². The van der Waals surface area contributed by atoms with Gasteiger partial charge < -0.3 is 20.2 Å². The number of benzene rings is 1. The predicted molar refractivity (Wildman–Crippen MR) is 101 cm³/mol. The van der Waals surface area contributed by atoms with Crippen molar-refractivity contribution in [1.29, 1.82) is 0 Å². The number of nitrogens with zero attached hydrogens (tertiary/aromatic N) is 2. The fourth-order valence-corrected chi connectivity index (χ4v) is 3.95. The number of hydrogen-bond acceptors (Lipinski definition) is 4. The summed E-state index contributed by atoms with van der Waals surface area (Å²) in [6, 6.07) is 12.1. The van der Waals surface area contributed by atoms with Gasteiger partial charge in [0, 0.05) is 24.7 Å². The van der Waals surface area contributed by atoms with E-state index < -0.39 is 5.60 Å². The number of rotatable bonds is 7. The van der Waals surface area contributed by atoms with Crippen molar-refractivity contribution in [2.24, 2.45) is 0 Å². The molecule has 0 saturated carbocycles. The van der Waals surface area contributed by atoms with Crippen LogP contribution in [0.2, 0.25) is 0 Å². The largest absolute Gasteiger partial charge is 0.389 e. The zero-order chi connectivity index (χ0) is 17.7. The summed E-state index contributed by atoms with van der Waals surface area (Å²) in [6.07, 6.45) is 2.30. The first-order chi connectivity index (χ1) is 11.3. The summed E-state index contributed by atoms with van der Waals surface area (Å²) in [7, 11) is 4.31. The summed E-state index contributed by atoms with van der Waals surface area (Å²) in [4.78, 5) is 4.68. The van der Waals surface area contributed by atoms with Gasteiger partial charge in [-0.3, -0.25) is 0 Å². The van der Waals surface area contributed by atoms with Crippen molar-refractivity contribution in [2.75, 3.05) is 33.7 Å². The molecule has 4 heteroatoms. The number of likely N-dealkylation sites (N-methyl/N-ethyl adjacent to an activating group) is 1. The molecule has 2 N–H and O–H groups in total. The van der Waals surface area contributed by atoms with E-state index in [1.807, 2.05) is 13.8 Å². The lowest BCUT2D eigenvalue weighted by molar-refractivity contribution is 0.0259. The Labute approximate surface area is 147 Å². The minimum absolute atomic E-state index is 0.376. The minimum atomic E-state index is -0.600. The Morgan fingerprint density at radius 3 is 2.29 bits per heavy atom. The fourth-order valence-electron chi connectivity index (χ4n) is 3.95. The molecule has 0 bridgehead atoms. The molecule has 1 aromatic rings. The van der Waals surface area contributed by atoms with E-state index in [1.165, 1.54) is 5.56 Å². The maximum atomic E-state index is 9.98. The van der Waals surface area contributed by atoms with Gasteiger partial charge in [-0.15, -0.1) is 0 Å². The van der Waals surface area contributed by atoms with Gasteiger partial charge in [0.05, 0.1) is 5.60 Å². The Bertz CT molecular complexity index is 475. The smallest absolute Gasteiger partial charge is 0.0718 e. The second kappa shape index (κ2) is 8.43. The Hall–Kier alpha value is -0.940. The average molecular weight is 334 g/mol. The molecule has 1 aliphatic rings. The second-order valence-corrected chi connectivity index (χ2v) is 8.14. The summed E-state index contributed by atoms with van der Waals surface area (Å²) in [5.74, 6) is 0. The molecule has 4 nitrogen and oxygen atoms in total. The van der Waals surface area contributed by atoms with Crippen LogP contribution in [0.4, 0.5) is 0 Å². The molecule has 1 saturated heterocycles. The highest BCUT2D eigenvalue weighted by Crippen LogP contribution is 2.23. The maximum absolute atomic E-state index is 9.98. The molecular formula is C20H35N3O. The zero-order valence-corrected chi connectivity index (χ0v) is 16.0. The van der Waals surface area contributed by atoms with Gasteiger partial charge in [0.2, 0.25) is 0 Å². The third-order valence-corrected chi connectivity index (χ3v) is 4.87. The lowest BCUT2D eigenvalue weighted by Crippen LogP contribution is -2.50. The van der Waals surface area contributed by atoms with Gasteiger partial charge in [-0.1, -0.05) is 30.3 Å². The van der Waals surface area contributed by atoms with E-state index in [1.54, 1.807) is 0 Å². The van der Waals surface area contributed by atoms with Crippen molar-refractivity contribution in [3.05, 3.63) is 35.9 Å². The van der Waals surface area contributed by atoms with Gasteiger partial charge in [-0.05, 0) is 66.4 Å². The Morgan fingerprint density at radius 1 is 1.21 bits per heavy atom. The van der Waals surface area contributed by atoms with E-state index in [-0.39, 0.29) is 0 Å². The molecular weight excluding hydrogens is 298 g/mol. The first-order valence-electron chi connectivity index (χ1n) is 9.18. The molecule has 1 aromatic carbocycles. The standard InChI is InChI=1S/C20H35N3O/c1-16(19(22(4)5)17-9-7-6-8-10-17)21-18-11-13-23(14-12-18)15-20(2,3)24/h6-10,16,18-19,21,24H,11-15H2,1-5H3. The Kier molecular flexibility index (Phi) is 6.81. The SMILES string of the molecule is CC(NC1CCN(CC(C)(C)O)CC1)C(c1ccccc1)N(C)C. The normalized spacial score (nSPS) is 20.3. The van der Waals surface area contributed by atoms with Crippen molar-refractivity contribution in [1.82, 2.24) is 15.1 Å². The van der Waals surface area contributed by atoms with Crippen LogP contribution in [0.25, 0.3) is 0 Å². The number of likely N-dealkylation sites (tertiary alicyclic amines) is 1. The number of nitrogens with one attached hydrogen (secondary N) is 1. The van der Waals surface area contributed by atoms with Crippen LogP contribution in [0.3, 0.4) is 0 Å². The predicted octanol–water partition coefficient (Wildman–Crippen LogP) is 2.50. The monoisotopic (exact) mass is 333 g/mol. The highest BCUT2D eigenvalue weighted by atomic mass is 16.3. The van der Waals surface area contributed by atoms with Gasteiger partial charge in [-0.25, -0.2) is 0 Å². The van der Waals surface area contributed by atoms with Crippen LogP contribution in [0.1, 0.15) is 45.2 Å². The van der Waals surface area contributed by atoms with Gasteiger partial charge in [0.15, 0.2) is 0 Å². The van der Waals surface area contributed by atoms with Crippen LogP contribution in [0, 0.1) is 0 Å². The second-order valence-electron chi connectivity index (χ2n) is 8.14. The van der Waals surface area contributed by atoms with Crippen molar-refractivity contribution < 1.29 is 5.11 Å². The molecule has 0 aromatic heterocycles. The van der Waals surface area contributed by atoms with Crippen molar-refractivity contribution >= 4 is 0 Å². The lowest BCUT2D eigenvalue weighted by atomic mass is 9.96. The van der Waals surface area contributed by atoms with E-state index in [9.17, 15) is 5.11 Å². The molecule has 0 spiro atoms. The van der Waals surface area contributed by atoms with Crippen molar-refractivity contribution in [3.63, 3.8) is 0 Å². The lowest BCUT2D eigenvalue weighted by Gasteiger charge is -2.39. The molecule has 0 aliphatic carbocycles. The molecule has 2 rings (SSSR count). The summed E-state index contributed by atoms with van der Waals surface area (Å²) in [6.45, 7) is 8.96. The third kappa shape index (κ3) is 5.85. The van der Waals surface area contributed by atoms with Crippen LogP contribution in [0.5, 0.6) is 0 Å². The van der Waals surface area contributed by atoms with E-state index in [0.717, 1.165) is 32.5 Å². The summed E-state index contributed by atoms with van der Waals surface area (Å²) >= 11 is 0. The topological polar surface area (TPSA) is 38.7 Å². The third-order valence-electron chi connectivity index (χ3n) is 4.87. The molecule has 1 fully saturated rings. The average Bonchev–Trinajstić information content (AvgIpc) is 2.48. The van der Waals surface area contributed by atoms with Gasteiger partial charge in [-0.2, -0.15) is 0 Å². The van der Waals surface area contributed by atoms with Crippen LogP contribution in [-0.4, -0.2) is 66.3 Å². The summed E-state index contributed by atoms with van der Waals surface area (Å²) in [5.41, 5.74) is 0.763. The molecule has 1 heterocycles. The Balaban J connectivity index is 1.89. The quantitative estimate of drug-likeness (QED) is 0.804. The first-order valence-corrected chi connectivity index (χ1v) is 9.18. The van der Waals surface area contributed by atoms with Gasteiger partial charge in [0.1, 0.15) is 0 Å². The summed E-state index contributed by atoms with van der Waals surface area (Å²) in [5, 5.41) is 13.8. The van der Waals surface area contributed by atoms with Gasteiger partial charge >= 0.3 is 0 Å². The van der Waals surface area contributed by atoms with Crippen LogP contribution in [0.15, 0.2) is 30.3 Å². The molecule has 2 unspecified atom stereocenters. The van der Waals surface area contributed by atoms with E-state index in [0.29, 0.717) is 18.1 Å². The number of β-amino-alcohol motifs (C(OH)–C–C–N with tert-alkyl or cyclic N) is 1. The van der Waals surface area contributed by atoms with Crippen LogP contribution >= 0.6 is 0 Å². The molecule has 0 radical (unpaired) electrons. The molecule has 136 valence electrons. The number of aliphatic hydroxyl groups is 1. The van der Waals surface area contributed by atoms with Gasteiger partial charge in [0.25, 0.3) is 0 Å². The van der Waals surface area contributed by atoms with Crippen LogP contribution < -0.4 is 5.32 Å². The molecule has 2 atom stereocenters. The number of hydrogen-bond donors (Lipinski definition) is 2. The number of piperidine rings is 1. The summed E-state index contributed by atoms with van der Waals surface area (Å²) < 4.78 is 0. The Morgan fingerprint density at radius 2 is 1.79 bits per heavy atom.